The molecule has 1 heterocycles. The summed E-state index contributed by atoms with van der Waals surface area (Å²) in [7, 11) is 0. The molecule has 0 spiro atoms. The number of thiazole rings is 1. The van der Waals surface area contributed by atoms with Crippen LogP contribution in [0.4, 0.5) is 10.8 Å². The molecule has 0 saturated carbocycles. The lowest BCUT2D eigenvalue weighted by Crippen LogP contribution is -2.13. The van der Waals surface area contributed by atoms with E-state index in [1.165, 1.54) is 11.3 Å². The first kappa shape index (κ1) is 23.5. The maximum atomic E-state index is 12.9. The third-order valence-electron chi connectivity index (χ3n) is 5.06. The van der Waals surface area contributed by atoms with Crippen LogP contribution in [0.3, 0.4) is 0 Å². The third-order valence-corrected chi connectivity index (χ3v) is 6.13. The second kappa shape index (κ2) is 10.4. The van der Waals surface area contributed by atoms with Gasteiger partial charge in [-0.05, 0) is 63.8 Å². The minimum atomic E-state index is -0.221. The topological polar surface area (TPSA) is 80.3 Å². The van der Waals surface area contributed by atoms with Crippen LogP contribution in [-0.2, 0) is 11.2 Å². The van der Waals surface area contributed by atoms with E-state index in [0.717, 1.165) is 33.7 Å². The lowest BCUT2D eigenvalue weighted by molar-refractivity contribution is -0.116. The Morgan fingerprint density at radius 3 is 2.41 bits per heavy atom. The standard InChI is InChI=1S/C25H29N3O3S/c1-6-31-20-10-8-7-9-19(20)11-12-21(29)27-25-26-18(5)23(32-25)24(30)28-22-16(3)13-15(2)14-17(22)4/h7-10,13-14H,6,11-12H2,1-5H3,(H,28,30)(H,26,27,29). The van der Waals surface area contributed by atoms with Crippen molar-refractivity contribution < 1.29 is 14.3 Å². The number of amides is 2. The van der Waals surface area contributed by atoms with Gasteiger partial charge in [-0.25, -0.2) is 4.98 Å². The highest BCUT2D eigenvalue weighted by molar-refractivity contribution is 7.17. The zero-order valence-corrected chi connectivity index (χ0v) is 20.0. The van der Waals surface area contributed by atoms with Gasteiger partial charge in [0.25, 0.3) is 5.91 Å². The van der Waals surface area contributed by atoms with Crippen LogP contribution in [0, 0.1) is 27.7 Å². The molecule has 0 atom stereocenters. The largest absolute Gasteiger partial charge is 0.494 e. The first-order chi connectivity index (χ1) is 15.3. The number of carbonyl (C=O) groups is 2. The number of nitrogens with zero attached hydrogens (tertiary/aromatic N) is 1. The zero-order valence-electron chi connectivity index (χ0n) is 19.2. The highest BCUT2D eigenvalue weighted by atomic mass is 32.1. The van der Waals surface area contributed by atoms with Crippen molar-refractivity contribution in [3.05, 3.63) is 69.2 Å². The van der Waals surface area contributed by atoms with Crippen molar-refractivity contribution in [2.75, 3.05) is 17.2 Å². The van der Waals surface area contributed by atoms with E-state index in [1.54, 1.807) is 6.92 Å². The van der Waals surface area contributed by atoms with Gasteiger partial charge in [-0.2, -0.15) is 0 Å². The first-order valence-electron chi connectivity index (χ1n) is 10.7. The molecule has 0 saturated heterocycles. The summed E-state index contributed by atoms with van der Waals surface area (Å²) in [5.41, 5.74) is 5.57. The maximum absolute atomic E-state index is 12.9. The molecule has 0 unspecified atom stereocenters. The number of benzene rings is 2. The van der Waals surface area contributed by atoms with E-state index in [0.29, 0.717) is 35.2 Å². The summed E-state index contributed by atoms with van der Waals surface area (Å²) in [5, 5.41) is 6.24. The van der Waals surface area contributed by atoms with Crippen molar-refractivity contribution in [2.24, 2.45) is 0 Å². The lowest BCUT2D eigenvalue weighted by Gasteiger charge is -2.12. The Morgan fingerprint density at radius 1 is 1.03 bits per heavy atom. The molecule has 6 nitrogen and oxygen atoms in total. The van der Waals surface area contributed by atoms with Gasteiger partial charge in [-0.1, -0.05) is 47.2 Å². The first-order valence-corrected chi connectivity index (χ1v) is 11.5. The van der Waals surface area contributed by atoms with Gasteiger partial charge in [0.05, 0.1) is 12.3 Å². The zero-order chi connectivity index (χ0) is 23.3. The highest BCUT2D eigenvalue weighted by Crippen LogP contribution is 2.27. The minimum absolute atomic E-state index is 0.151. The molecule has 2 N–H and O–H groups in total. The predicted octanol–water partition coefficient (Wildman–Crippen LogP) is 5.60. The average molecular weight is 452 g/mol. The number of aromatic nitrogens is 1. The van der Waals surface area contributed by atoms with Gasteiger partial charge in [0, 0.05) is 12.1 Å². The summed E-state index contributed by atoms with van der Waals surface area (Å²) in [6, 6.07) is 11.8. The van der Waals surface area contributed by atoms with Gasteiger partial charge in [0.15, 0.2) is 5.13 Å². The van der Waals surface area contributed by atoms with E-state index in [1.807, 2.05) is 64.1 Å². The number of para-hydroxylation sites is 1. The van der Waals surface area contributed by atoms with Gasteiger partial charge < -0.3 is 15.4 Å². The van der Waals surface area contributed by atoms with Crippen LogP contribution in [-0.4, -0.2) is 23.4 Å². The second-order valence-corrected chi connectivity index (χ2v) is 8.75. The van der Waals surface area contributed by atoms with E-state index in [4.69, 9.17) is 4.74 Å². The number of rotatable bonds is 8. The van der Waals surface area contributed by atoms with Crippen LogP contribution in [0.25, 0.3) is 0 Å². The molecule has 0 aliphatic heterocycles. The fourth-order valence-corrected chi connectivity index (χ4v) is 4.52. The molecular formula is C25H29N3O3S. The SMILES string of the molecule is CCOc1ccccc1CCC(=O)Nc1nc(C)c(C(=O)Nc2c(C)cc(C)cc2C)s1. The Balaban J connectivity index is 1.64. The van der Waals surface area contributed by atoms with Gasteiger partial charge >= 0.3 is 0 Å². The molecule has 2 aromatic carbocycles. The van der Waals surface area contributed by atoms with Crippen LogP contribution in [0.2, 0.25) is 0 Å². The molecule has 1 aromatic heterocycles. The molecular weight excluding hydrogens is 422 g/mol. The Morgan fingerprint density at radius 2 is 1.72 bits per heavy atom. The molecule has 0 aliphatic rings. The summed E-state index contributed by atoms with van der Waals surface area (Å²) in [4.78, 5) is 30.2. The highest BCUT2D eigenvalue weighted by Gasteiger charge is 2.18. The summed E-state index contributed by atoms with van der Waals surface area (Å²) in [6.45, 7) is 10.3. The van der Waals surface area contributed by atoms with Crippen molar-refractivity contribution in [3.8, 4) is 5.75 Å². The molecule has 3 rings (SSSR count). The van der Waals surface area contributed by atoms with Gasteiger partial charge in [0.2, 0.25) is 5.91 Å². The van der Waals surface area contributed by atoms with Gasteiger partial charge in [0.1, 0.15) is 10.6 Å². The molecule has 0 bridgehead atoms. The van der Waals surface area contributed by atoms with Crippen LogP contribution in [0.5, 0.6) is 5.75 Å². The predicted molar refractivity (Wildman–Crippen MR) is 130 cm³/mol. The smallest absolute Gasteiger partial charge is 0.267 e. The average Bonchev–Trinajstić information content (AvgIpc) is 3.10. The number of hydrogen-bond acceptors (Lipinski definition) is 5. The summed E-state index contributed by atoms with van der Waals surface area (Å²) >= 11 is 1.18. The van der Waals surface area contributed by atoms with Crippen LogP contribution < -0.4 is 15.4 Å². The lowest BCUT2D eigenvalue weighted by atomic mass is 10.1. The number of hydrogen-bond donors (Lipinski definition) is 2. The quantitative estimate of drug-likeness (QED) is 0.467. The monoisotopic (exact) mass is 451 g/mol. The Bertz CT molecular complexity index is 1110. The third kappa shape index (κ3) is 5.73. The van der Waals surface area contributed by atoms with Crippen LogP contribution >= 0.6 is 11.3 Å². The maximum Gasteiger partial charge on any atom is 0.267 e. The van der Waals surface area contributed by atoms with Crippen LogP contribution in [0.1, 0.15) is 51.0 Å². The fraction of sp³-hybridized carbons (Fsp3) is 0.320. The molecule has 32 heavy (non-hydrogen) atoms. The molecule has 2 amide bonds. The van der Waals surface area contributed by atoms with E-state index in [2.05, 4.69) is 15.6 Å². The summed E-state index contributed by atoms with van der Waals surface area (Å²) < 4.78 is 5.62. The van der Waals surface area contributed by atoms with Crippen molar-refractivity contribution >= 4 is 34.0 Å². The molecule has 0 radical (unpaired) electrons. The fourth-order valence-electron chi connectivity index (χ4n) is 3.64. The molecule has 0 fully saturated rings. The van der Waals surface area contributed by atoms with Crippen molar-refractivity contribution in [1.82, 2.24) is 4.98 Å². The number of carbonyl (C=O) groups excluding carboxylic acids is 2. The Hall–Kier alpha value is -3.19. The molecule has 7 heteroatoms. The molecule has 3 aromatic rings. The Kier molecular flexibility index (Phi) is 7.64. The van der Waals surface area contributed by atoms with Gasteiger partial charge in [-0.15, -0.1) is 0 Å². The van der Waals surface area contributed by atoms with Crippen molar-refractivity contribution in [3.63, 3.8) is 0 Å². The summed E-state index contributed by atoms with van der Waals surface area (Å²) in [5.74, 6) is 0.428. The van der Waals surface area contributed by atoms with Gasteiger partial charge in [-0.3, -0.25) is 9.59 Å². The number of ether oxygens (including phenoxy) is 1. The van der Waals surface area contributed by atoms with E-state index in [-0.39, 0.29) is 11.8 Å². The number of anilines is 2. The number of aryl methyl sites for hydroxylation is 5. The van der Waals surface area contributed by atoms with E-state index < -0.39 is 0 Å². The van der Waals surface area contributed by atoms with Crippen LogP contribution in [0.15, 0.2) is 36.4 Å². The second-order valence-electron chi connectivity index (χ2n) is 7.75. The van der Waals surface area contributed by atoms with E-state index in [9.17, 15) is 9.59 Å². The molecule has 168 valence electrons. The summed E-state index contributed by atoms with van der Waals surface area (Å²) in [6.07, 6.45) is 0.859. The normalized spacial score (nSPS) is 10.7. The molecule has 0 aliphatic carbocycles. The van der Waals surface area contributed by atoms with E-state index >= 15 is 0 Å². The minimum Gasteiger partial charge on any atom is -0.494 e. The van der Waals surface area contributed by atoms with Crippen molar-refractivity contribution in [1.29, 1.82) is 0 Å². The van der Waals surface area contributed by atoms with Crippen molar-refractivity contribution in [2.45, 2.75) is 47.5 Å². The number of nitrogens with one attached hydrogen (secondary N) is 2. The Labute approximate surface area is 193 Å².